The highest BCUT2D eigenvalue weighted by Crippen LogP contribution is 2.40. The van der Waals surface area contributed by atoms with Gasteiger partial charge in [-0.1, -0.05) is 0 Å². The molecule has 0 bridgehead atoms. The van der Waals surface area contributed by atoms with Gasteiger partial charge in [-0.3, -0.25) is 4.31 Å². The van der Waals surface area contributed by atoms with Gasteiger partial charge < -0.3 is 4.74 Å². The summed E-state index contributed by atoms with van der Waals surface area (Å²) >= 11 is 6.21. The Morgan fingerprint density at radius 3 is 2.76 bits per heavy atom. The molecule has 94 valence electrons. The third-order valence-corrected chi connectivity index (χ3v) is 4.46. The lowest BCUT2D eigenvalue weighted by Gasteiger charge is -2.31. The summed E-state index contributed by atoms with van der Waals surface area (Å²) in [5, 5.41) is -0.168. The number of methoxy groups -OCH3 is 1. The molecular formula is C11H14ClNO3S. The zero-order valence-electron chi connectivity index (χ0n) is 9.68. The van der Waals surface area contributed by atoms with E-state index in [4.69, 9.17) is 16.3 Å². The SMILES string of the molecule is COc1ccc2c(c1)C(Cl)CCN2S(C)(=O)=O. The molecule has 0 N–H and O–H groups in total. The molecule has 0 amide bonds. The Hall–Kier alpha value is -0.940. The first-order chi connectivity index (χ1) is 7.93. The van der Waals surface area contributed by atoms with Gasteiger partial charge in [0.15, 0.2) is 0 Å². The van der Waals surface area contributed by atoms with Crippen LogP contribution in [-0.2, 0) is 10.0 Å². The summed E-state index contributed by atoms with van der Waals surface area (Å²) in [6, 6.07) is 5.28. The van der Waals surface area contributed by atoms with Gasteiger partial charge in [-0.2, -0.15) is 0 Å². The Labute approximate surface area is 106 Å². The first kappa shape index (κ1) is 12.5. The van der Waals surface area contributed by atoms with Crippen molar-refractivity contribution in [2.24, 2.45) is 0 Å². The average Bonchev–Trinajstić information content (AvgIpc) is 2.27. The second kappa shape index (κ2) is 4.38. The number of rotatable bonds is 2. The maximum Gasteiger partial charge on any atom is 0.232 e. The van der Waals surface area contributed by atoms with E-state index < -0.39 is 10.0 Å². The second-order valence-corrected chi connectivity index (χ2v) is 6.45. The van der Waals surface area contributed by atoms with Crippen LogP contribution in [0.2, 0.25) is 0 Å². The quantitative estimate of drug-likeness (QED) is 0.777. The number of sulfonamides is 1. The van der Waals surface area contributed by atoms with Crippen LogP contribution in [0.5, 0.6) is 5.75 Å². The van der Waals surface area contributed by atoms with Crippen LogP contribution in [0.3, 0.4) is 0 Å². The van der Waals surface area contributed by atoms with Crippen molar-refractivity contribution < 1.29 is 13.2 Å². The molecule has 1 unspecified atom stereocenters. The van der Waals surface area contributed by atoms with E-state index in [0.29, 0.717) is 24.4 Å². The normalized spacial score (nSPS) is 19.9. The van der Waals surface area contributed by atoms with Crippen LogP contribution < -0.4 is 9.04 Å². The van der Waals surface area contributed by atoms with Gasteiger partial charge in [-0.05, 0) is 30.2 Å². The average molecular weight is 276 g/mol. The summed E-state index contributed by atoms with van der Waals surface area (Å²) in [6.07, 6.45) is 1.81. The minimum Gasteiger partial charge on any atom is -0.497 e. The van der Waals surface area contributed by atoms with E-state index in [9.17, 15) is 8.42 Å². The first-order valence-corrected chi connectivity index (χ1v) is 7.51. The molecule has 4 nitrogen and oxygen atoms in total. The molecule has 0 spiro atoms. The van der Waals surface area contributed by atoms with Crippen molar-refractivity contribution in [3.05, 3.63) is 23.8 Å². The lowest BCUT2D eigenvalue weighted by Crippen LogP contribution is -2.35. The molecule has 0 saturated carbocycles. The summed E-state index contributed by atoms with van der Waals surface area (Å²) in [6.45, 7) is 0.423. The Kier molecular flexibility index (Phi) is 3.23. The van der Waals surface area contributed by atoms with Crippen LogP contribution in [0.25, 0.3) is 0 Å². The lowest BCUT2D eigenvalue weighted by molar-refractivity contribution is 0.414. The van der Waals surface area contributed by atoms with E-state index in [-0.39, 0.29) is 5.38 Å². The van der Waals surface area contributed by atoms with Crippen LogP contribution in [-0.4, -0.2) is 28.3 Å². The standard InChI is InChI=1S/C11H14ClNO3S/c1-16-8-3-4-11-9(7-8)10(12)5-6-13(11)17(2,14)15/h3-4,7,10H,5-6H2,1-2H3. The predicted molar refractivity (Wildman–Crippen MR) is 68.4 cm³/mol. The van der Waals surface area contributed by atoms with Crippen LogP contribution in [0.1, 0.15) is 17.4 Å². The van der Waals surface area contributed by atoms with Gasteiger partial charge in [0.2, 0.25) is 10.0 Å². The van der Waals surface area contributed by atoms with E-state index in [2.05, 4.69) is 0 Å². The zero-order valence-corrected chi connectivity index (χ0v) is 11.3. The predicted octanol–water partition coefficient (Wildman–Crippen LogP) is 2.14. The van der Waals surface area contributed by atoms with Crippen LogP contribution in [0, 0.1) is 0 Å². The fraction of sp³-hybridized carbons (Fsp3) is 0.455. The molecule has 1 atom stereocenters. The fourth-order valence-corrected chi connectivity index (χ4v) is 3.22. The van der Waals surface area contributed by atoms with Crippen molar-refractivity contribution in [3.63, 3.8) is 0 Å². The third kappa shape index (κ3) is 2.35. The Balaban J connectivity index is 2.54. The molecule has 0 aliphatic carbocycles. The number of halogens is 1. The highest BCUT2D eigenvalue weighted by atomic mass is 35.5. The maximum atomic E-state index is 11.7. The van der Waals surface area contributed by atoms with Crippen molar-refractivity contribution in [1.82, 2.24) is 0 Å². The summed E-state index contributed by atoms with van der Waals surface area (Å²) in [4.78, 5) is 0. The molecule has 1 aromatic carbocycles. The molecule has 1 aromatic rings. The van der Waals surface area contributed by atoms with E-state index >= 15 is 0 Å². The van der Waals surface area contributed by atoms with Crippen molar-refractivity contribution in [1.29, 1.82) is 0 Å². The fourth-order valence-electron chi connectivity index (χ4n) is 1.99. The lowest BCUT2D eigenvalue weighted by atomic mass is 10.0. The number of ether oxygens (including phenoxy) is 1. The molecule has 2 rings (SSSR count). The topological polar surface area (TPSA) is 46.6 Å². The molecule has 1 aliphatic rings. The second-order valence-electron chi connectivity index (χ2n) is 4.02. The summed E-state index contributed by atoms with van der Waals surface area (Å²) in [5.41, 5.74) is 1.46. The number of fused-ring (bicyclic) bond motifs is 1. The third-order valence-electron chi connectivity index (χ3n) is 2.83. The van der Waals surface area contributed by atoms with Crippen LogP contribution in [0.4, 0.5) is 5.69 Å². The van der Waals surface area contributed by atoms with Crippen molar-refractivity contribution in [2.45, 2.75) is 11.8 Å². The number of hydrogen-bond acceptors (Lipinski definition) is 3. The monoisotopic (exact) mass is 275 g/mol. The molecular weight excluding hydrogens is 262 g/mol. The van der Waals surface area contributed by atoms with Crippen LogP contribution >= 0.6 is 11.6 Å². The minimum atomic E-state index is -3.25. The van der Waals surface area contributed by atoms with E-state index in [1.54, 1.807) is 25.3 Å². The molecule has 1 aliphatic heterocycles. The molecule has 1 heterocycles. The van der Waals surface area contributed by atoms with Gasteiger partial charge in [0, 0.05) is 6.54 Å². The van der Waals surface area contributed by atoms with Crippen molar-refractivity contribution in [2.75, 3.05) is 24.2 Å². The number of nitrogens with zero attached hydrogens (tertiary/aromatic N) is 1. The zero-order chi connectivity index (χ0) is 12.6. The molecule has 0 saturated heterocycles. The van der Waals surface area contributed by atoms with Gasteiger partial charge in [-0.15, -0.1) is 11.6 Å². The summed E-state index contributed by atoms with van der Waals surface area (Å²) in [7, 11) is -1.68. The number of benzene rings is 1. The highest BCUT2D eigenvalue weighted by molar-refractivity contribution is 7.92. The van der Waals surface area contributed by atoms with E-state index in [0.717, 1.165) is 5.56 Å². The molecule has 6 heteroatoms. The van der Waals surface area contributed by atoms with Crippen molar-refractivity contribution in [3.8, 4) is 5.75 Å². The molecule has 17 heavy (non-hydrogen) atoms. The Morgan fingerprint density at radius 1 is 1.47 bits per heavy atom. The minimum absolute atomic E-state index is 0.168. The van der Waals surface area contributed by atoms with Gasteiger partial charge in [0.25, 0.3) is 0 Å². The largest absolute Gasteiger partial charge is 0.497 e. The maximum absolute atomic E-state index is 11.7. The van der Waals surface area contributed by atoms with E-state index in [1.807, 2.05) is 0 Å². The van der Waals surface area contributed by atoms with Gasteiger partial charge in [0.05, 0.1) is 24.4 Å². The number of hydrogen-bond donors (Lipinski definition) is 0. The first-order valence-electron chi connectivity index (χ1n) is 5.23. The molecule has 0 radical (unpaired) electrons. The highest BCUT2D eigenvalue weighted by Gasteiger charge is 2.29. The number of anilines is 1. The summed E-state index contributed by atoms with van der Waals surface area (Å²) in [5.74, 6) is 0.685. The Morgan fingerprint density at radius 2 is 2.18 bits per heavy atom. The van der Waals surface area contributed by atoms with Crippen molar-refractivity contribution >= 4 is 27.3 Å². The number of alkyl halides is 1. The molecule has 0 aromatic heterocycles. The Bertz CT molecular complexity index is 530. The smallest absolute Gasteiger partial charge is 0.232 e. The van der Waals surface area contributed by atoms with Gasteiger partial charge in [0.1, 0.15) is 5.75 Å². The summed E-state index contributed by atoms with van der Waals surface area (Å²) < 4.78 is 29.8. The van der Waals surface area contributed by atoms with Gasteiger partial charge in [-0.25, -0.2) is 8.42 Å². The van der Waals surface area contributed by atoms with Crippen LogP contribution in [0.15, 0.2) is 18.2 Å². The van der Waals surface area contributed by atoms with Gasteiger partial charge >= 0.3 is 0 Å². The molecule has 0 fully saturated rings. The van der Waals surface area contributed by atoms with E-state index in [1.165, 1.54) is 10.6 Å².